The van der Waals surface area contributed by atoms with Gasteiger partial charge in [0.25, 0.3) is 0 Å². The lowest BCUT2D eigenvalue weighted by atomic mass is 9.71. The molecule has 0 aromatic heterocycles. The Hall–Kier alpha value is -1.84. The number of carbonyl (C=O) groups is 3. The maximum absolute atomic E-state index is 14.2. The van der Waals surface area contributed by atoms with E-state index in [1.54, 1.807) is 15.9 Å². The summed E-state index contributed by atoms with van der Waals surface area (Å²) in [4.78, 5) is 43.6. The number of carboxylic acid groups (broad SMARTS) is 1. The van der Waals surface area contributed by atoms with Crippen LogP contribution < -0.4 is 0 Å². The van der Waals surface area contributed by atoms with Crippen molar-refractivity contribution in [2.24, 2.45) is 11.8 Å². The number of likely N-dealkylation sites (tertiary alicyclic amines) is 1. The molecule has 3 heterocycles. The average Bonchev–Trinajstić information content (AvgIpc) is 3.42. The minimum absolute atomic E-state index is 0.0561. The monoisotopic (exact) mass is 564 g/mol. The van der Waals surface area contributed by atoms with Gasteiger partial charge in [-0.15, -0.1) is 18.3 Å². The molecule has 0 radical (unpaired) electrons. The third-order valence-corrected chi connectivity index (χ3v) is 10.7. The number of aliphatic hydroxyl groups excluding tert-OH is 1. The van der Waals surface area contributed by atoms with Crippen LogP contribution in [-0.4, -0.2) is 78.4 Å². The van der Waals surface area contributed by atoms with Gasteiger partial charge in [0, 0.05) is 36.3 Å². The highest BCUT2D eigenvalue weighted by molar-refractivity contribution is 9.09. The smallest absolute Gasteiger partial charge is 0.308 e. The minimum atomic E-state index is -0.963. The minimum Gasteiger partial charge on any atom is -0.481 e. The molecule has 9 heteroatoms. The van der Waals surface area contributed by atoms with E-state index in [-0.39, 0.29) is 28.5 Å². The van der Waals surface area contributed by atoms with Gasteiger partial charge in [0.1, 0.15) is 6.04 Å². The Labute approximate surface area is 219 Å². The van der Waals surface area contributed by atoms with E-state index in [9.17, 15) is 19.5 Å². The van der Waals surface area contributed by atoms with E-state index in [1.165, 1.54) is 11.8 Å². The predicted molar refractivity (Wildman–Crippen MR) is 139 cm³/mol. The first kappa shape index (κ1) is 26.2. The van der Waals surface area contributed by atoms with Crippen LogP contribution in [0.5, 0.6) is 0 Å². The molecule has 3 unspecified atom stereocenters. The SMILES string of the molecule is C=CCN(Cc1ccccc1)C(=O)C1N(CCCCCCO)C(=O)[C@@H]2[C@H](C(=O)O)[C@H]3SC12CC3Br. The molecule has 3 aliphatic rings. The Balaban J connectivity index is 1.67. The first-order valence-electron chi connectivity index (χ1n) is 12.3. The second kappa shape index (κ2) is 11.0. The van der Waals surface area contributed by atoms with Crippen molar-refractivity contribution >= 4 is 45.5 Å². The third-order valence-electron chi connectivity index (χ3n) is 7.49. The summed E-state index contributed by atoms with van der Waals surface area (Å²) in [5.41, 5.74) is 0.988. The number of aliphatic hydroxyl groups is 1. The largest absolute Gasteiger partial charge is 0.481 e. The second-order valence-electron chi connectivity index (χ2n) is 9.66. The molecule has 1 aromatic rings. The zero-order valence-corrected chi connectivity index (χ0v) is 22.1. The Morgan fingerprint density at radius 3 is 2.60 bits per heavy atom. The molecule has 4 rings (SSSR count). The third kappa shape index (κ3) is 4.79. The van der Waals surface area contributed by atoms with E-state index >= 15 is 0 Å². The first-order chi connectivity index (χ1) is 16.9. The summed E-state index contributed by atoms with van der Waals surface area (Å²) >= 11 is 5.21. The summed E-state index contributed by atoms with van der Waals surface area (Å²) in [5, 5.41) is 18.9. The zero-order valence-electron chi connectivity index (χ0n) is 19.7. The van der Waals surface area contributed by atoms with E-state index in [2.05, 4.69) is 22.5 Å². The fourth-order valence-corrected chi connectivity index (χ4v) is 9.64. The van der Waals surface area contributed by atoms with Crippen LogP contribution in [0.15, 0.2) is 43.0 Å². The normalized spacial score (nSPS) is 31.0. The number of thioether (sulfide) groups is 1. The molecule has 2 N–H and O–H groups in total. The van der Waals surface area contributed by atoms with Gasteiger partial charge >= 0.3 is 5.97 Å². The predicted octanol–water partition coefficient (Wildman–Crippen LogP) is 3.30. The molecule has 3 saturated heterocycles. The van der Waals surface area contributed by atoms with Gasteiger partial charge in [-0.1, -0.05) is 65.2 Å². The molecule has 7 nitrogen and oxygen atoms in total. The summed E-state index contributed by atoms with van der Waals surface area (Å²) in [7, 11) is 0. The number of alkyl halides is 1. The van der Waals surface area contributed by atoms with Gasteiger partial charge in [-0.3, -0.25) is 14.4 Å². The molecule has 6 atom stereocenters. The lowest BCUT2D eigenvalue weighted by Gasteiger charge is -2.37. The number of amides is 2. The number of halogens is 1. The van der Waals surface area contributed by atoms with E-state index in [0.29, 0.717) is 38.9 Å². The van der Waals surface area contributed by atoms with Crippen molar-refractivity contribution in [1.82, 2.24) is 9.80 Å². The Morgan fingerprint density at radius 2 is 1.94 bits per heavy atom. The molecule has 2 amide bonds. The van der Waals surface area contributed by atoms with Gasteiger partial charge in [0.2, 0.25) is 11.8 Å². The van der Waals surface area contributed by atoms with Crippen LogP contribution in [0.4, 0.5) is 0 Å². The molecule has 3 aliphatic heterocycles. The maximum atomic E-state index is 14.2. The van der Waals surface area contributed by atoms with Crippen LogP contribution in [0, 0.1) is 11.8 Å². The standard InChI is InChI=1S/C26H33BrN2O5S/c1-2-12-28(16-17-10-6-5-7-11-17)24(32)22-26-15-18(27)21(35-26)19(25(33)34)20(26)23(31)29(22)13-8-3-4-9-14-30/h2,5-7,10-11,18-22,30H,1,3-4,8-9,12-16H2,(H,33,34)/t18?,19-,20-,21-,22?,26?/m0/s1. The number of hydrogen-bond acceptors (Lipinski definition) is 5. The molecular formula is C26H33BrN2O5S. The van der Waals surface area contributed by atoms with Gasteiger partial charge in [0.05, 0.1) is 16.6 Å². The van der Waals surface area contributed by atoms with Crippen molar-refractivity contribution < 1.29 is 24.6 Å². The van der Waals surface area contributed by atoms with Crippen molar-refractivity contribution in [2.45, 2.75) is 59.5 Å². The molecule has 1 spiro atoms. The van der Waals surface area contributed by atoms with Crippen LogP contribution >= 0.6 is 27.7 Å². The van der Waals surface area contributed by atoms with Gasteiger partial charge in [-0.25, -0.2) is 0 Å². The highest BCUT2D eigenvalue weighted by atomic mass is 79.9. The topological polar surface area (TPSA) is 98.2 Å². The molecule has 3 fully saturated rings. The van der Waals surface area contributed by atoms with Crippen molar-refractivity contribution in [3.8, 4) is 0 Å². The Bertz CT molecular complexity index is 962. The summed E-state index contributed by atoms with van der Waals surface area (Å²) in [6.07, 6.45) is 5.38. The lowest BCUT2D eigenvalue weighted by molar-refractivity contribution is -0.148. The van der Waals surface area contributed by atoms with Crippen LogP contribution in [-0.2, 0) is 20.9 Å². The number of unbranched alkanes of at least 4 members (excludes halogenated alkanes) is 3. The number of fused-ring (bicyclic) bond motifs is 1. The van der Waals surface area contributed by atoms with Crippen LogP contribution in [0.1, 0.15) is 37.7 Å². The lowest BCUT2D eigenvalue weighted by Crippen LogP contribution is -2.55. The van der Waals surface area contributed by atoms with E-state index in [4.69, 9.17) is 5.11 Å². The molecule has 190 valence electrons. The molecule has 1 aromatic carbocycles. The summed E-state index contributed by atoms with van der Waals surface area (Å²) in [6.45, 7) is 5.13. The van der Waals surface area contributed by atoms with Crippen molar-refractivity contribution in [3.05, 3.63) is 48.6 Å². The van der Waals surface area contributed by atoms with Crippen LogP contribution in [0.2, 0.25) is 0 Å². The number of nitrogens with zero attached hydrogens (tertiary/aromatic N) is 2. The number of benzene rings is 1. The average molecular weight is 566 g/mol. The number of hydrogen-bond donors (Lipinski definition) is 2. The van der Waals surface area contributed by atoms with E-state index < -0.39 is 28.6 Å². The number of rotatable bonds is 12. The van der Waals surface area contributed by atoms with Gasteiger partial charge in [0.15, 0.2) is 0 Å². The van der Waals surface area contributed by atoms with Gasteiger partial charge < -0.3 is 20.0 Å². The van der Waals surface area contributed by atoms with Gasteiger partial charge in [-0.05, 0) is 24.8 Å². The highest BCUT2D eigenvalue weighted by Crippen LogP contribution is 2.67. The van der Waals surface area contributed by atoms with Gasteiger partial charge in [-0.2, -0.15) is 0 Å². The number of aliphatic carboxylic acids is 1. The molecule has 35 heavy (non-hydrogen) atoms. The molecule has 2 bridgehead atoms. The van der Waals surface area contributed by atoms with Crippen molar-refractivity contribution in [3.63, 3.8) is 0 Å². The first-order valence-corrected chi connectivity index (χ1v) is 14.0. The van der Waals surface area contributed by atoms with E-state index in [1.807, 2.05) is 30.3 Å². The Kier molecular flexibility index (Phi) is 8.28. The highest BCUT2D eigenvalue weighted by Gasteiger charge is 2.75. The van der Waals surface area contributed by atoms with Crippen molar-refractivity contribution in [2.75, 3.05) is 19.7 Å². The molecule has 0 saturated carbocycles. The van der Waals surface area contributed by atoms with Crippen LogP contribution in [0.3, 0.4) is 0 Å². The molecule has 0 aliphatic carbocycles. The second-order valence-corrected chi connectivity index (χ2v) is 12.4. The Morgan fingerprint density at radius 1 is 1.23 bits per heavy atom. The number of carbonyl (C=O) groups excluding carboxylic acids is 2. The fourth-order valence-electron chi connectivity index (χ4n) is 6.04. The summed E-state index contributed by atoms with van der Waals surface area (Å²) < 4.78 is -0.753. The fraction of sp³-hybridized carbons (Fsp3) is 0.577. The van der Waals surface area contributed by atoms with Crippen LogP contribution in [0.25, 0.3) is 0 Å². The summed E-state index contributed by atoms with van der Waals surface area (Å²) in [5.74, 6) is -2.81. The molecular weight excluding hydrogens is 532 g/mol. The zero-order chi connectivity index (χ0) is 25.2. The quantitative estimate of drug-likeness (QED) is 0.229. The summed E-state index contributed by atoms with van der Waals surface area (Å²) in [6, 6.07) is 9.01. The maximum Gasteiger partial charge on any atom is 0.308 e. The van der Waals surface area contributed by atoms with Crippen molar-refractivity contribution in [1.29, 1.82) is 0 Å². The van der Waals surface area contributed by atoms with E-state index in [0.717, 1.165) is 18.4 Å². The number of carboxylic acids is 1.